The summed E-state index contributed by atoms with van der Waals surface area (Å²) in [5.74, 6) is -0.119. The Morgan fingerprint density at radius 2 is 1.79 bits per heavy atom. The highest BCUT2D eigenvalue weighted by atomic mass is 35.5. The normalized spacial score (nSPS) is 16.5. The lowest BCUT2D eigenvalue weighted by Crippen LogP contribution is -2.38. The summed E-state index contributed by atoms with van der Waals surface area (Å²) in [6.45, 7) is 4.06. The first-order valence-electron chi connectivity index (χ1n) is 7.77. The molecule has 4 rings (SSSR count). The molecule has 0 aliphatic carbocycles. The van der Waals surface area contributed by atoms with E-state index in [9.17, 15) is 4.79 Å². The second-order valence-electron chi connectivity index (χ2n) is 6.06. The number of para-hydroxylation sites is 1. The summed E-state index contributed by atoms with van der Waals surface area (Å²) in [5, 5.41) is 7.72. The van der Waals surface area contributed by atoms with E-state index >= 15 is 0 Å². The number of rotatable bonds is 1. The number of carbonyl (C=O) groups excluding carboxylic acids is 1. The highest BCUT2D eigenvalue weighted by molar-refractivity contribution is 6.30. The van der Waals surface area contributed by atoms with Gasteiger partial charge in [-0.2, -0.15) is 0 Å². The van der Waals surface area contributed by atoms with E-state index in [-0.39, 0.29) is 5.91 Å². The fourth-order valence-electron chi connectivity index (χ4n) is 3.09. The molecule has 5 heteroatoms. The lowest BCUT2D eigenvalue weighted by molar-refractivity contribution is 0.0935. The van der Waals surface area contributed by atoms with Gasteiger partial charge in [-0.1, -0.05) is 35.9 Å². The first-order valence-corrected chi connectivity index (χ1v) is 8.15. The van der Waals surface area contributed by atoms with Crippen LogP contribution in [0.5, 0.6) is 0 Å². The van der Waals surface area contributed by atoms with Crippen LogP contribution in [0.3, 0.4) is 0 Å². The number of hydrogen-bond donors (Lipinski definition) is 2. The van der Waals surface area contributed by atoms with Gasteiger partial charge in [0.2, 0.25) is 0 Å². The number of amides is 1. The number of aryl methyl sites for hydroxylation is 2. The summed E-state index contributed by atoms with van der Waals surface area (Å²) in [5.41, 5.74) is 5.29. The number of carbonyl (C=O) groups is 1. The molecule has 0 fully saturated rings. The molecule has 0 spiro atoms. The quantitative estimate of drug-likeness (QED) is 0.649. The van der Waals surface area contributed by atoms with Crippen LogP contribution in [0.4, 0.5) is 5.69 Å². The maximum atomic E-state index is 12.4. The molecule has 4 nitrogen and oxygen atoms in total. The van der Waals surface area contributed by atoms with Gasteiger partial charge >= 0.3 is 0 Å². The molecule has 0 saturated heterocycles. The molecule has 1 atom stereocenters. The zero-order valence-electron chi connectivity index (χ0n) is 13.4. The molecule has 1 aromatic heterocycles. The Kier molecular flexibility index (Phi) is 3.43. The van der Waals surface area contributed by atoms with Crippen LogP contribution in [0.15, 0.2) is 42.5 Å². The average Bonchev–Trinajstić information content (AvgIpc) is 2.58. The summed E-state index contributed by atoms with van der Waals surface area (Å²) >= 11 is 6.43. The molecule has 1 amide bonds. The Morgan fingerprint density at radius 1 is 1.04 bits per heavy atom. The van der Waals surface area contributed by atoms with E-state index in [0.29, 0.717) is 10.7 Å². The maximum Gasteiger partial charge on any atom is 0.255 e. The Labute approximate surface area is 144 Å². The second-order valence-corrected chi connectivity index (χ2v) is 6.42. The minimum absolute atomic E-state index is 0.119. The van der Waals surface area contributed by atoms with Crippen molar-refractivity contribution < 1.29 is 4.79 Å². The molecule has 2 N–H and O–H groups in total. The lowest BCUT2D eigenvalue weighted by Gasteiger charge is -2.28. The van der Waals surface area contributed by atoms with Gasteiger partial charge in [0.1, 0.15) is 11.3 Å². The zero-order chi connectivity index (χ0) is 16.8. The van der Waals surface area contributed by atoms with Gasteiger partial charge < -0.3 is 10.6 Å². The van der Waals surface area contributed by atoms with Crippen LogP contribution in [0.2, 0.25) is 5.15 Å². The van der Waals surface area contributed by atoms with Crippen molar-refractivity contribution in [3.8, 4) is 0 Å². The van der Waals surface area contributed by atoms with E-state index in [1.165, 1.54) is 0 Å². The van der Waals surface area contributed by atoms with Crippen LogP contribution >= 0.6 is 11.6 Å². The summed E-state index contributed by atoms with van der Waals surface area (Å²) in [4.78, 5) is 16.9. The number of anilines is 1. The SMILES string of the molecule is Cc1ccc(C)c2nc(Cl)c([C@H]3NC(=O)c4ccccc4N3)cc12. The molecule has 0 bridgehead atoms. The Balaban J connectivity index is 1.84. The van der Waals surface area contributed by atoms with Crippen molar-refractivity contribution in [3.05, 3.63) is 69.9 Å². The third-order valence-corrected chi connectivity index (χ3v) is 4.75. The van der Waals surface area contributed by atoms with Crippen molar-refractivity contribution in [1.82, 2.24) is 10.3 Å². The molecule has 0 radical (unpaired) electrons. The van der Waals surface area contributed by atoms with Crippen molar-refractivity contribution in [1.29, 1.82) is 0 Å². The van der Waals surface area contributed by atoms with Crippen molar-refractivity contribution in [2.75, 3.05) is 5.32 Å². The van der Waals surface area contributed by atoms with Crippen LogP contribution in [0, 0.1) is 13.8 Å². The molecule has 1 aliphatic heterocycles. The van der Waals surface area contributed by atoms with E-state index in [1.807, 2.05) is 44.2 Å². The van der Waals surface area contributed by atoms with E-state index in [2.05, 4.69) is 21.7 Å². The maximum absolute atomic E-state index is 12.4. The topological polar surface area (TPSA) is 54.0 Å². The molecule has 120 valence electrons. The van der Waals surface area contributed by atoms with E-state index in [1.54, 1.807) is 6.07 Å². The van der Waals surface area contributed by atoms with Gasteiger partial charge in [-0.25, -0.2) is 4.98 Å². The van der Waals surface area contributed by atoms with Gasteiger partial charge in [0.15, 0.2) is 0 Å². The van der Waals surface area contributed by atoms with Gasteiger partial charge in [0.25, 0.3) is 5.91 Å². The van der Waals surface area contributed by atoms with Crippen LogP contribution in [-0.2, 0) is 0 Å². The van der Waals surface area contributed by atoms with E-state index < -0.39 is 6.17 Å². The van der Waals surface area contributed by atoms with Crippen molar-refractivity contribution in [3.63, 3.8) is 0 Å². The summed E-state index contributed by atoms with van der Waals surface area (Å²) in [6, 6.07) is 13.5. The van der Waals surface area contributed by atoms with Gasteiger partial charge in [0, 0.05) is 16.6 Å². The summed E-state index contributed by atoms with van der Waals surface area (Å²) in [6.07, 6.45) is -0.406. The van der Waals surface area contributed by atoms with Gasteiger partial charge in [0.05, 0.1) is 11.1 Å². The molecule has 1 aliphatic rings. The molecule has 0 unspecified atom stereocenters. The summed E-state index contributed by atoms with van der Waals surface area (Å²) < 4.78 is 0. The number of halogens is 1. The standard InChI is InChI=1S/C19H16ClN3O/c1-10-7-8-11(2)16-13(10)9-14(17(20)22-16)18-21-15-6-4-3-5-12(15)19(24)23-18/h3-9,18,21H,1-2H3,(H,23,24)/t18-/m1/s1. The third-order valence-electron chi connectivity index (χ3n) is 4.44. The molecule has 3 aromatic rings. The fourth-order valence-corrected chi connectivity index (χ4v) is 3.34. The number of pyridine rings is 1. The molecule has 0 saturated carbocycles. The fraction of sp³-hybridized carbons (Fsp3) is 0.158. The number of nitrogens with zero attached hydrogens (tertiary/aromatic N) is 1. The molecule has 2 aromatic carbocycles. The second kappa shape index (κ2) is 5.49. The predicted octanol–water partition coefficient (Wildman–Crippen LogP) is 4.36. The first kappa shape index (κ1) is 15.0. The van der Waals surface area contributed by atoms with Crippen molar-refractivity contribution >= 4 is 34.1 Å². The minimum atomic E-state index is -0.406. The monoisotopic (exact) mass is 337 g/mol. The molecular weight excluding hydrogens is 322 g/mol. The number of fused-ring (bicyclic) bond motifs is 2. The van der Waals surface area contributed by atoms with Gasteiger partial charge in [-0.3, -0.25) is 4.79 Å². The Hall–Kier alpha value is -2.59. The molecule has 24 heavy (non-hydrogen) atoms. The van der Waals surface area contributed by atoms with Crippen LogP contribution in [0.25, 0.3) is 10.9 Å². The Morgan fingerprint density at radius 3 is 2.62 bits per heavy atom. The number of aromatic nitrogens is 1. The number of hydrogen-bond acceptors (Lipinski definition) is 3. The van der Waals surface area contributed by atoms with Gasteiger partial charge in [-0.05, 0) is 43.2 Å². The van der Waals surface area contributed by atoms with Crippen LogP contribution < -0.4 is 10.6 Å². The highest BCUT2D eigenvalue weighted by Gasteiger charge is 2.26. The van der Waals surface area contributed by atoms with Crippen molar-refractivity contribution in [2.45, 2.75) is 20.0 Å². The molecule has 2 heterocycles. The van der Waals surface area contributed by atoms with Crippen LogP contribution in [0.1, 0.15) is 33.2 Å². The molecular formula is C19H16ClN3O. The third kappa shape index (κ3) is 2.31. The van der Waals surface area contributed by atoms with Gasteiger partial charge in [-0.15, -0.1) is 0 Å². The number of benzene rings is 2. The smallest absolute Gasteiger partial charge is 0.255 e. The minimum Gasteiger partial charge on any atom is -0.361 e. The average molecular weight is 338 g/mol. The summed E-state index contributed by atoms with van der Waals surface area (Å²) in [7, 11) is 0. The van der Waals surface area contributed by atoms with Crippen molar-refractivity contribution in [2.24, 2.45) is 0 Å². The first-order chi connectivity index (χ1) is 11.5. The van der Waals surface area contributed by atoms with Crippen LogP contribution in [-0.4, -0.2) is 10.9 Å². The largest absolute Gasteiger partial charge is 0.361 e. The van der Waals surface area contributed by atoms with E-state index in [4.69, 9.17) is 11.6 Å². The number of nitrogens with one attached hydrogen (secondary N) is 2. The lowest BCUT2D eigenvalue weighted by atomic mass is 10.0. The predicted molar refractivity (Wildman–Crippen MR) is 96.5 cm³/mol. The zero-order valence-corrected chi connectivity index (χ0v) is 14.1. The Bertz CT molecular complexity index is 984. The highest BCUT2D eigenvalue weighted by Crippen LogP contribution is 2.32. The van der Waals surface area contributed by atoms with E-state index in [0.717, 1.165) is 33.3 Å².